The second-order valence-corrected chi connectivity index (χ2v) is 7.94. The Morgan fingerprint density at radius 3 is 2.68 bits per heavy atom. The smallest absolute Gasteiger partial charge is 0.234 e. The average molecular weight is 399 g/mol. The molecule has 0 aliphatic carbocycles. The summed E-state index contributed by atoms with van der Waals surface area (Å²) in [5.41, 5.74) is 5.54. The summed E-state index contributed by atoms with van der Waals surface area (Å²) in [7, 11) is 0. The van der Waals surface area contributed by atoms with Crippen molar-refractivity contribution in [1.82, 2.24) is 5.32 Å². The zero-order valence-corrected chi connectivity index (χ0v) is 17.1. The molecule has 0 radical (unpaired) electrons. The van der Waals surface area contributed by atoms with Gasteiger partial charge < -0.3 is 15.4 Å². The highest BCUT2D eigenvalue weighted by molar-refractivity contribution is 8.00. The molecule has 5 nitrogen and oxygen atoms in total. The summed E-state index contributed by atoms with van der Waals surface area (Å²) in [5.74, 6) is 0.291. The Morgan fingerprint density at radius 2 is 1.86 bits per heavy atom. The Hall–Kier alpha value is -2.31. The van der Waals surface area contributed by atoms with Crippen LogP contribution in [0.4, 0.5) is 5.69 Å². The molecule has 1 atom stereocenters. The molecule has 1 heterocycles. The van der Waals surface area contributed by atoms with Gasteiger partial charge in [-0.1, -0.05) is 30.3 Å². The van der Waals surface area contributed by atoms with Crippen LogP contribution in [0.3, 0.4) is 0 Å². The van der Waals surface area contributed by atoms with Gasteiger partial charge in [0.2, 0.25) is 11.8 Å². The van der Waals surface area contributed by atoms with E-state index in [2.05, 4.69) is 22.8 Å². The first-order chi connectivity index (χ1) is 13.5. The van der Waals surface area contributed by atoms with Gasteiger partial charge in [-0.3, -0.25) is 9.59 Å². The van der Waals surface area contributed by atoms with E-state index in [1.165, 1.54) is 22.9 Å². The Labute approximate surface area is 170 Å². The monoisotopic (exact) mass is 398 g/mol. The Kier molecular flexibility index (Phi) is 7.12. The molecule has 6 heteroatoms. The molecule has 0 saturated heterocycles. The number of hydrogen-bond acceptors (Lipinski definition) is 4. The molecule has 0 unspecified atom stereocenters. The van der Waals surface area contributed by atoms with Gasteiger partial charge in [-0.15, -0.1) is 11.8 Å². The van der Waals surface area contributed by atoms with Crippen LogP contribution in [0.25, 0.3) is 0 Å². The van der Waals surface area contributed by atoms with Crippen molar-refractivity contribution in [2.24, 2.45) is 0 Å². The normalized spacial score (nSPS) is 15.6. The van der Waals surface area contributed by atoms with E-state index in [-0.39, 0.29) is 29.4 Å². The third kappa shape index (κ3) is 5.59. The molecule has 2 amide bonds. The number of anilines is 1. The summed E-state index contributed by atoms with van der Waals surface area (Å²) in [6.07, 6.45) is 0.804. The van der Waals surface area contributed by atoms with Crippen LogP contribution in [0.1, 0.15) is 28.4 Å². The highest BCUT2D eigenvalue weighted by atomic mass is 32.2. The SMILES string of the molecule is Cc1ccc(NC(=O)CSCC(=O)NC[C@H]2OCCc3ccccc32)cc1C. The Morgan fingerprint density at radius 1 is 1.07 bits per heavy atom. The first-order valence-electron chi connectivity index (χ1n) is 9.44. The first kappa shape index (κ1) is 20.4. The van der Waals surface area contributed by atoms with Crippen molar-refractivity contribution in [2.75, 3.05) is 30.0 Å². The maximum atomic E-state index is 12.1. The van der Waals surface area contributed by atoms with Gasteiger partial charge in [0, 0.05) is 12.2 Å². The summed E-state index contributed by atoms with van der Waals surface area (Å²) in [5, 5.41) is 5.78. The van der Waals surface area contributed by atoms with Gasteiger partial charge in [0.05, 0.1) is 18.1 Å². The second kappa shape index (κ2) is 9.75. The van der Waals surface area contributed by atoms with Gasteiger partial charge in [0.25, 0.3) is 0 Å². The lowest BCUT2D eigenvalue weighted by Gasteiger charge is -2.26. The van der Waals surface area contributed by atoms with Crippen molar-refractivity contribution >= 4 is 29.3 Å². The lowest BCUT2D eigenvalue weighted by Crippen LogP contribution is -2.33. The third-order valence-corrected chi connectivity index (χ3v) is 5.77. The summed E-state index contributed by atoms with van der Waals surface area (Å²) in [6.45, 7) is 5.17. The van der Waals surface area contributed by atoms with Gasteiger partial charge in [0.15, 0.2) is 0 Å². The van der Waals surface area contributed by atoms with Gasteiger partial charge in [0.1, 0.15) is 6.10 Å². The number of ether oxygens (including phenoxy) is 1. The number of hydrogen-bond donors (Lipinski definition) is 2. The molecule has 1 aliphatic heterocycles. The summed E-state index contributed by atoms with van der Waals surface area (Å²) in [4.78, 5) is 24.1. The molecule has 2 aromatic carbocycles. The van der Waals surface area contributed by atoms with E-state index in [0.717, 1.165) is 23.2 Å². The number of aryl methyl sites for hydroxylation is 2. The van der Waals surface area contributed by atoms with Crippen LogP contribution < -0.4 is 10.6 Å². The molecule has 0 aromatic heterocycles. The minimum atomic E-state index is -0.106. The highest BCUT2D eigenvalue weighted by Crippen LogP contribution is 2.26. The first-order valence-corrected chi connectivity index (χ1v) is 10.6. The molecule has 148 valence electrons. The molecule has 28 heavy (non-hydrogen) atoms. The van der Waals surface area contributed by atoms with Crippen molar-refractivity contribution in [3.8, 4) is 0 Å². The molecule has 0 bridgehead atoms. The predicted molar refractivity (Wildman–Crippen MR) is 114 cm³/mol. The number of rotatable bonds is 7. The standard InChI is InChI=1S/C22H26N2O3S/c1-15-7-8-18(11-16(15)2)24-22(26)14-28-13-21(25)23-12-20-19-6-4-3-5-17(19)9-10-27-20/h3-8,11,20H,9-10,12-14H2,1-2H3,(H,23,25)(H,24,26)/t20-/m1/s1. The van der Waals surface area contributed by atoms with Crippen molar-refractivity contribution in [1.29, 1.82) is 0 Å². The van der Waals surface area contributed by atoms with E-state index < -0.39 is 0 Å². The fourth-order valence-electron chi connectivity index (χ4n) is 3.16. The number of thioether (sulfide) groups is 1. The Balaban J connectivity index is 1.38. The predicted octanol–water partition coefficient (Wildman–Crippen LogP) is 3.41. The summed E-state index contributed by atoms with van der Waals surface area (Å²) < 4.78 is 5.80. The van der Waals surface area contributed by atoms with Crippen molar-refractivity contribution in [3.05, 3.63) is 64.7 Å². The number of benzene rings is 2. The quantitative estimate of drug-likeness (QED) is 0.750. The Bertz CT molecular complexity index is 853. The number of carbonyl (C=O) groups excluding carboxylic acids is 2. The average Bonchev–Trinajstić information content (AvgIpc) is 2.69. The van der Waals surface area contributed by atoms with E-state index in [4.69, 9.17) is 4.74 Å². The maximum absolute atomic E-state index is 12.1. The van der Waals surface area contributed by atoms with E-state index in [1.807, 2.05) is 44.2 Å². The summed E-state index contributed by atoms with van der Waals surface area (Å²) >= 11 is 1.30. The number of amides is 2. The molecule has 2 N–H and O–H groups in total. The molecule has 2 aromatic rings. The van der Waals surface area contributed by atoms with Crippen molar-refractivity contribution in [3.63, 3.8) is 0 Å². The van der Waals surface area contributed by atoms with E-state index in [1.54, 1.807) is 0 Å². The number of carbonyl (C=O) groups is 2. The van der Waals surface area contributed by atoms with Gasteiger partial charge in [-0.25, -0.2) is 0 Å². The molecule has 3 rings (SSSR count). The summed E-state index contributed by atoms with van der Waals surface area (Å²) in [6, 6.07) is 14.0. The molecule has 0 spiro atoms. The van der Waals surface area contributed by atoms with E-state index in [0.29, 0.717) is 13.2 Å². The lowest BCUT2D eigenvalue weighted by molar-refractivity contribution is -0.119. The van der Waals surface area contributed by atoms with Crippen molar-refractivity contribution in [2.45, 2.75) is 26.4 Å². The minimum Gasteiger partial charge on any atom is -0.371 e. The topological polar surface area (TPSA) is 67.4 Å². The zero-order valence-electron chi connectivity index (χ0n) is 16.3. The van der Waals surface area contributed by atoms with Crippen LogP contribution in [-0.2, 0) is 20.7 Å². The molecule has 0 fully saturated rings. The molecule has 1 aliphatic rings. The molecular formula is C22H26N2O3S. The fourth-order valence-corrected chi connectivity index (χ4v) is 3.80. The fraction of sp³-hybridized carbons (Fsp3) is 0.364. The number of fused-ring (bicyclic) bond motifs is 1. The maximum Gasteiger partial charge on any atom is 0.234 e. The van der Waals surface area contributed by atoms with Crippen LogP contribution in [0, 0.1) is 13.8 Å². The number of nitrogens with one attached hydrogen (secondary N) is 2. The zero-order chi connectivity index (χ0) is 19.9. The van der Waals surface area contributed by atoms with Crippen LogP contribution in [0.2, 0.25) is 0 Å². The largest absolute Gasteiger partial charge is 0.371 e. The van der Waals surface area contributed by atoms with Crippen LogP contribution in [0.15, 0.2) is 42.5 Å². The van der Waals surface area contributed by atoms with Crippen molar-refractivity contribution < 1.29 is 14.3 Å². The van der Waals surface area contributed by atoms with Gasteiger partial charge in [-0.2, -0.15) is 0 Å². The third-order valence-electron chi connectivity index (χ3n) is 4.83. The second-order valence-electron chi connectivity index (χ2n) is 6.95. The highest BCUT2D eigenvalue weighted by Gasteiger charge is 2.20. The van der Waals surface area contributed by atoms with Gasteiger partial charge in [-0.05, 0) is 54.7 Å². The van der Waals surface area contributed by atoms with Crippen LogP contribution >= 0.6 is 11.8 Å². The van der Waals surface area contributed by atoms with E-state index >= 15 is 0 Å². The van der Waals surface area contributed by atoms with Crippen LogP contribution in [-0.4, -0.2) is 36.5 Å². The van der Waals surface area contributed by atoms with Gasteiger partial charge >= 0.3 is 0 Å². The van der Waals surface area contributed by atoms with Crippen LogP contribution in [0.5, 0.6) is 0 Å². The molecular weight excluding hydrogens is 372 g/mol. The molecule has 0 saturated carbocycles. The lowest BCUT2D eigenvalue weighted by atomic mass is 9.97. The minimum absolute atomic E-state index is 0.0874. The van der Waals surface area contributed by atoms with E-state index in [9.17, 15) is 9.59 Å².